The van der Waals surface area contributed by atoms with Crippen molar-refractivity contribution in [1.29, 1.82) is 0 Å². The van der Waals surface area contributed by atoms with Gasteiger partial charge in [0, 0.05) is 18.9 Å². The maximum absolute atomic E-state index is 12.4. The van der Waals surface area contributed by atoms with Gasteiger partial charge in [-0.05, 0) is 44.1 Å². The van der Waals surface area contributed by atoms with Crippen molar-refractivity contribution in [1.82, 2.24) is 15.5 Å². The minimum absolute atomic E-state index is 0.129. The van der Waals surface area contributed by atoms with Crippen molar-refractivity contribution in [3.8, 4) is 0 Å². The Hall–Kier alpha value is -2.17. The molecule has 0 bridgehead atoms. The third kappa shape index (κ3) is 5.41. The molecule has 5 heteroatoms. The van der Waals surface area contributed by atoms with Crippen LogP contribution in [0.15, 0.2) is 34.9 Å². The van der Waals surface area contributed by atoms with E-state index in [9.17, 15) is 4.79 Å². The Morgan fingerprint density at radius 3 is 2.72 bits per heavy atom. The molecule has 1 fully saturated rings. The Morgan fingerprint density at radius 2 is 2.04 bits per heavy atom. The molecular formula is C20H27N3O2. The van der Waals surface area contributed by atoms with Gasteiger partial charge >= 0.3 is 0 Å². The summed E-state index contributed by atoms with van der Waals surface area (Å²) in [7, 11) is 0. The molecule has 1 aromatic carbocycles. The van der Waals surface area contributed by atoms with E-state index in [-0.39, 0.29) is 11.9 Å². The highest BCUT2D eigenvalue weighted by Crippen LogP contribution is 2.29. The van der Waals surface area contributed by atoms with E-state index in [1.54, 1.807) is 6.92 Å². The van der Waals surface area contributed by atoms with Crippen molar-refractivity contribution < 1.29 is 9.32 Å². The molecule has 0 aliphatic heterocycles. The normalized spacial score (nSPS) is 16.0. The lowest BCUT2D eigenvalue weighted by Gasteiger charge is -2.25. The zero-order valence-corrected chi connectivity index (χ0v) is 14.9. The van der Waals surface area contributed by atoms with Crippen LogP contribution in [0.3, 0.4) is 0 Å². The van der Waals surface area contributed by atoms with E-state index < -0.39 is 0 Å². The summed E-state index contributed by atoms with van der Waals surface area (Å²) in [5.74, 6) is 1.98. The van der Waals surface area contributed by atoms with Crippen molar-refractivity contribution in [2.75, 3.05) is 0 Å². The molecule has 1 aliphatic rings. The molecule has 1 aromatic heterocycles. The number of nitrogens with zero attached hydrogens (tertiary/aromatic N) is 2. The highest BCUT2D eigenvalue weighted by molar-refractivity contribution is 5.76. The molecule has 0 unspecified atom stereocenters. The molecule has 134 valence electrons. The van der Waals surface area contributed by atoms with Gasteiger partial charge in [0.2, 0.25) is 11.8 Å². The summed E-state index contributed by atoms with van der Waals surface area (Å²) in [6.45, 7) is 1.80. The fraction of sp³-hybridized carbons (Fsp3) is 0.550. The lowest BCUT2D eigenvalue weighted by Crippen LogP contribution is -2.41. The number of benzene rings is 1. The van der Waals surface area contributed by atoms with Crippen LogP contribution < -0.4 is 5.32 Å². The van der Waals surface area contributed by atoms with Gasteiger partial charge < -0.3 is 9.84 Å². The average Bonchev–Trinajstić information content (AvgIpc) is 3.27. The molecule has 25 heavy (non-hydrogen) atoms. The predicted octanol–water partition coefficient (Wildman–Crippen LogP) is 3.62. The second-order valence-corrected chi connectivity index (χ2v) is 7.00. The number of rotatable bonds is 8. The second kappa shape index (κ2) is 8.79. The first-order chi connectivity index (χ1) is 12.2. The zero-order valence-electron chi connectivity index (χ0n) is 14.9. The molecular weight excluding hydrogens is 314 g/mol. The van der Waals surface area contributed by atoms with Crippen molar-refractivity contribution in [2.45, 2.75) is 64.3 Å². The summed E-state index contributed by atoms with van der Waals surface area (Å²) < 4.78 is 5.09. The molecule has 0 radical (unpaired) electrons. The number of carbonyl (C=O) groups is 1. The van der Waals surface area contributed by atoms with Crippen LogP contribution in [-0.2, 0) is 17.6 Å². The van der Waals surface area contributed by atoms with Crippen LogP contribution >= 0.6 is 0 Å². The SMILES string of the molecule is Cc1noc(CCCC(=O)N[C@@H](Cc2ccccc2)C2CCCC2)n1. The van der Waals surface area contributed by atoms with Gasteiger partial charge in [0.1, 0.15) is 0 Å². The Morgan fingerprint density at radius 1 is 1.28 bits per heavy atom. The first-order valence-electron chi connectivity index (χ1n) is 9.33. The van der Waals surface area contributed by atoms with Crippen molar-refractivity contribution >= 4 is 5.91 Å². The smallest absolute Gasteiger partial charge is 0.226 e. The first-order valence-corrected chi connectivity index (χ1v) is 9.33. The van der Waals surface area contributed by atoms with E-state index in [4.69, 9.17) is 4.52 Å². The Labute approximate surface area is 149 Å². The quantitative estimate of drug-likeness (QED) is 0.796. The van der Waals surface area contributed by atoms with Crippen LogP contribution in [0.4, 0.5) is 0 Å². The lowest BCUT2D eigenvalue weighted by atomic mass is 9.92. The zero-order chi connectivity index (χ0) is 17.5. The number of hydrogen-bond acceptors (Lipinski definition) is 4. The van der Waals surface area contributed by atoms with Crippen LogP contribution in [0.5, 0.6) is 0 Å². The van der Waals surface area contributed by atoms with Gasteiger partial charge in [0.15, 0.2) is 5.82 Å². The molecule has 1 atom stereocenters. The Kier molecular flexibility index (Phi) is 6.20. The minimum atomic E-state index is 0.129. The van der Waals surface area contributed by atoms with Crippen LogP contribution in [-0.4, -0.2) is 22.1 Å². The summed E-state index contributed by atoms with van der Waals surface area (Å²) in [4.78, 5) is 16.6. The highest BCUT2D eigenvalue weighted by atomic mass is 16.5. The van der Waals surface area contributed by atoms with Crippen LogP contribution in [0.25, 0.3) is 0 Å². The molecule has 1 heterocycles. The third-order valence-electron chi connectivity index (χ3n) is 4.98. The highest BCUT2D eigenvalue weighted by Gasteiger charge is 2.26. The molecule has 0 saturated heterocycles. The molecule has 1 N–H and O–H groups in total. The maximum Gasteiger partial charge on any atom is 0.226 e. The minimum Gasteiger partial charge on any atom is -0.353 e. The van der Waals surface area contributed by atoms with Gasteiger partial charge in [-0.15, -0.1) is 0 Å². The van der Waals surface area contributed by atoms with Gasteiger partial charge in [-0.2, -0.15) is 4.98 Å². The van der Waals surface area contributed by atoms with E-state index in [2.05, 4.69) is 39.7 Å². The van der Waals surface area contributed by atoms with Crippen LogP contribution in [0.1, 0.15) is 55.8 Å². The molecule has 2 aromatic rings. The molecule has 1 aliphatic carbocycles. The molecule has 3 rings (SSSR count). The summed E-state index contributed by atoms with van der Waals surface area (Å²) in [5, 5.41) is 7.07. The maximum atomic E-state index is 12.4. The van der Waals surface area contributed by atoms with Crippen molar-refractivity contribution in [2.24, 2.45) is 5.92 Å². The van der Waals surface area contributed by atoms with Crippen molar-refractivity contribution in [3.05, 3.63) is 47.6 Å². The molecule has 0 spiro atoms. The summed E-state index contributed by atoms with van der Waals surface area (Å²) in [6, 6.07) is 10.7. The second-order valence-electron chi connectivity index (χ2n) is 7.00. The summed E-state index contributed by atoms with van der Waals surface area (Å²) >= 11 is 0. The van der Waals surface area contributed by atoms with E-state index in [0.717, 1.165) is 12.8 Å². The summed E-state index contributed by atoms with van der Waals surface area (Å²) in [5.41, 5.74) is 1.29. The average molecular weight is 341 g/mol. The van der Waals surface area contributed by atoms with E-state index in [0.29, 0.717) is 30.5 Å². The topological polar surface area (TPSA) is 68.0 Å². The molecule has 1 amide bonds. The summed E-state index contributed by atoms with van der Waals surface area (Å²) in [6.07, 6.45) is 7.81. The van der Waals surface area contributed by atoms with E-state index in [1.807, 2.05) is 6.07 Å². The van der Waals surface area contributed by atoms with E-state index in [1.165, 1.54) is 31.2 Å². The first kappa shape index (κ1) is 17.6. The van der Waals surface area contributed by atoms with Gasteiger partial charge in [-0.1, -0.05) is 48.3 Å². The fourth-order valence-electron chi connectivity index (χ4n) is 3.68. The third-order valence-corrected chi connectivity index (χ3v) is 4.98. The molecule has 1 saturated carbocycles. The number of aryl methyl sites for hydroxylation is 2. The van der Waals surface area contributed by atoms with Crippen molar-refractivity contribution in [3.63, 3.8) is 0 Å². The lowest BCUT2D eigenvalue weighted by molar-refractivity contribution is -0.122. The largest absolute Gasteiger partial charge is 0.353 e. The van der Waals surface area contributed by atoms with Crippen LogP contribution in [0.2, 0.25) is 0 Å². The number of nitrogens with one attached hydrogen (secondary N) is 1. The number of amides is 1. The van der Waals surface area contributed by atoms with Gasteiger partial charge in [-0.25, -0.2) is 0 Å². The van der Waals surface area contributed by atoms with Gasteiger partial charge in [0.25, 0.3) is 0 Å². The fourth-order valence-corrected chi connectivity index (χ4v) is 3.68. The number of hydrogen-bond donors (Lipinski definition) is 1. The molecule has 5 nitrogen and oxygen atoms in total. The standard InChI is InChI=1S/C20H27N3O2/c1-15-21-20(25-23-15)13-7-12-19(24)22-18(17-10-5-6-11-17)14-16-8-3-2-4-9-16/h2-4,8-9,17-18H,5-7,10-14H2,1H3,(H,22,24)/t18-/m0/s1. The number of aromatic nitrogens is 2. The number of carbonyl (C=O) groups excluding carboxylic acids is 1. The Balaban J connectivity index is 1.50. The Bertz CT molecular complexity index is 663. The van der Waals surface area contributed by atoms with Gasteiger partial charge in [-0.3, -0.25) is 4.79 Å². The van der Waals surface area contributed by atoms with Gasteiger partial charge in [0.05, 0.1) is 0 Å². The van der Waals surface area contributed by atoms with E-state index >= 15 is 0 Å². The predicted molar refractivity (Wildman–Crippen MR) is 96.0 cm³/mol. The monoisotopic (exact) mass is 341 g/mol. The van der Waals surface area contributed by atoms with Crippen LogP contribution in [0, 0.1) is 12.8 Å².